The van der Waals surface area contributed by atoms with Gasteiger partial charge < -0.3 is 20.8 Å². The van der Waals surface area contributed by atoms with Crippen LogP contribution in [0.5, 0.6) is 5.75 Å². The largest absolute Gasteiger partial charge is 0.493 e. The number of aromatic amines is 1. The molecule has 0 unspecified atom stereocenters. The van der Waals surface area contributed by atoms with Crippen LogP contribution in [0, 0.1) is 6.92 Å². The second-order valence-corrected chi connectivity index (χ2v) is 6.31. The van der Waals surface area contributed by atoms with Crippen molar-refractivity contribution in [1.29, 1.82) is 0 Å². The quantitative estimate of drug-likeness (QED) is 0.588. The number of nitrogens with two attached hydrogens (primary N) is 1. The summed E-state index contributed by atoms with van der Waals surface area (Å²) in [4.78, 5) is 20.0. The number of benzene rings is 1. The summed E-state index contributed by atoms with van der Waals surface area (Å²) in [7, 11) is 1.72. The maximum atomic E-state index is 12.5. The average molecular weight is 372 g/mol. The number of thiocarbonyl (C=S) groups is 1. The van der Waals surface area contributed by atoms with E-state index in [0.29, 0.717) is 46.2 Å². The molecule has 136 valence electrons. The minimum atomic E-state index is -0.262. The minimum absolute atomic E-state index is 0.151. The Kier molecular flexibility index (Phi) is 4.90. The number of H-pyrrole nitrogens is 1. The van der Waals surface area contributed by atoms with Crippen LogP contribution in [0.1, 0.15) is 19.0 Å². The van der Waals surface area contributed by atoms with E-state index in [2.05, 4.69) is 20.4 Å². The maximum absolute atomic E-state index is 12.5. The van der Waals surface area contributed by atoms with Crippen molar-refractivity contribution >= 4 is 34.1 Å². The molecule has 1 aromatic carbocycles. The fraction of sp³-hybridized carbons (Fsp3) is 0.294. The van der Waals surface area contributed by atoms with Gasteiger partial charge in [0.05, 0.1) is 17.9 Å². The van der Waals surface area contributed by atoms with Gasteiger partial charge >= 0.3 is 0 Å². The van der Waals surface area contributed by atoms with Gasteiger partial charge in [0.2, 0.25) is 0 Å². The number of aryl methyl sites for hydroxylation is 2. The van der Waals surface area contributed by atoms with Crippen LogP contribution in [0.4, 0.5) is 5.69 Å². The van der Waals surface area contributed by atoms with Crippen molar-refractivity contribution in [2.24, 2.45) is 12.8 Å². The number of hydrogen-bond donors (Lipinski definition) is 3. The summed E-state index contributed by atoms with van der Waals surface area (Å²) >= 11 is 4.90. The number of hydrogen-bond acceptors (Lipinski definition) is 5. The molecule has 0 saturated carbocycles. The number of rotatable bonds is 5. The van der Waals surface area contributed by atoms with Crippen LogP contribution < -0.4 is 21.3 Å². The Hall–Kier alpha value is -2.94. The van der Waals surface area contributed by atoms with E-state index in [4.69, 9.17) is 22.7 Å². The van der Waals surface area contributed by atoms with Gasteiger partial charge in [-0.3, -0.25) is 9.48 Å². The zero-order chi connectivity index (χ0) is 18.8. The predicted molar refractivity (Wildman–Crippen MR) is 105 cm³/mol. The molecule has 0 amide bonds. The smallest absolute Gasteiger partial charge is 0.277 e. The van der Waals surface area contributed by atoms with Gasteiger partial charge in [-0.15, -0.1) is 0 Å². The van der Waals surface area contributed by atoms with E-state index in [1.54, 1.807) is 25.2 Å². The van der Waals surface area contributed by atoms with E-state index in [1.165, 1.54) is 4.68 Å². The number of nitrogens with one attached hydrogen (secondary N) is 2. The van der Waals surface area contributed by atoms with Crippen molar-refractivity contribution in [2.75, 3.05) is 11.9 Å². The highest BCUT2D eigenvalue weighted by Crippen LogP contribution is 2.31. The molecule has 3 aromatic rings. The van der Waals surface area contributed by atoms with Crippen LogP contribution in [0.3, 0.4) is 0 Å². The number of nitrogens with zero attached hydrogens (tertiary/aromatic N) is 3. The lowest BCUT2D eigenvalue weighted by atomic mass is 10.1. The van der Waals surface area contributed by atoms with Gasteiger partial charge in [0.25, 0.3) is 5.56 Å². The third-order valence-electron chi connectivity index (χ3n) is 3.83. The topological polar surface area (TPSA) is 111 Å². The van der Waals surface area contributed by atoms with Crippen LogP contribution in [0.15, 0.2) is 23.0 Å². The zero-order valence-electron chi connectivity index (χ0n) is 14.8. The average Bonchev–Trinajstić information content (AvgIpc) is 2.87. The van der Waals surface area contributed by atoms with Crippen LogP contribution in [-0.2, 0) is 7.05 Å². The molecule has 2 heterocycles. The SMILES string of the molecule is CCCOc1ccc(NC(N)=S)cc1-c1nc2c(C)nn(C)c2c(=O)[nH]1. The Morgan fingerprint density at radius 3 is 2.92 bits per heavy atom. The summed E-state index contributed by atoms with van der Waals surface area (Å²) in [5, 5.41) is 7.31. The second-order valence-electron chi connectivity index (χ2n) is 5.87. The molecule has 9 heteroatoms. The molecule has 4 N–H and O–H groups in total. The van der Waals surface area contributed by atoms with E-state index in [1.807, 2.05) is 13.8 Å². The lowest BCUT2D eigenvalue weighted by Crippen LogP contribution is -2.19. The summed E-state index contributed by atoms with van der Waals surface area (Å²) in [6.07, 6.45) is 0.858. The molecule has 0 bridgehead atoms. The number of anilines is 1. The van der Waals surface area contributed by atoms with Crippen LogP contribution >= 0.6 is 12.2 Å². The standard InChI is InChI=1S/C17H20N6O2S/c1-4-7-25-12-6-5-10(19-17(18)26)8-11(12)15-20-13-9(2)22-23(3)14(13)16(24)21-15/h5-6,8H,4,7H2,1-3H3,(H3,18,19,26)(H,20,21,24). The fourth-order valence-electron chi connectivity index (χ4n) is 2.74. The van der Waals surface area contributed by atoms with Gasteiger partial charge in [0, 0.05) is 12.7 Å². The number of fused-ring (bicyclic) bond motifs is 1. The maximum Gasteiger partial charge on any atom is 0.277 e. The minimum Gasteiger partial charge on any atom is -0.493 e. The second kappa shape index (κ2) is 7.12. The van der Waals surface area contributed by atoms with E-state index < -0.39 is 0 Å². The van der Waals surface area contributed by atoms with Gasteiger partial charge in [0.1, 0.15) is 17.1 Å². The van der Waals surface area contributed by atoms with E-state index in [-0.39, 0.29) is 10.7 Å². The molecule has 0 aliphatic heterocycles. The Balaban J connectivity index is 2.19. The lowest BCUT2D eigenvalue weighted by Gasteiger charge is -2.13. The Labute approximate surface area is 155 Å². The van der Waals surface area contributed by atoms with Crippen LogP contribution in [-0.4, -0.2) is 31.5 Å². The summed E-state index contributed by atoms with van der Waals surface area (Å²) in [6, 6.07) is 5.39. The molecule has 0 atom stereocenters. The summed E-state index contributed by atoms with van der Waals surface area (Å²) in [5.74, 6) is 1.01. The molecular weight excluding hydrogens is 352 g/mol. The lowest BCUT2D eigenvalue weighted by molar-refractivity contribution is 0.318. The Bertz CT molecular complexity index is 1040. The first-order valence-corrected chi connectivity index (χ1v) is 8.58. The highest BCUT2D eigenvalue weighted by molar-refractivity contribution is 7.80. The third-order valence-corrected chi connectivity index (χ3v) is 3.93. The van der Waals surface area contributed by atoms with Crippen molar-refractivity contribution in [3.8, 4) is 17.1 Å². The molecule has 8 nitrogen and oxygen atoms in total. The fourth-order valence-corrected chi connectivity index (χ4v) is 2.86. The van der Waals surface area contributed by atoms with E-state index in [0.717, 1.165) is 6.42 Å². The molecule has 0 aliphatic rings. The Morgan fingerprint density at radius 2 is 2.23 bits per heavy atom. The van der Waals surface area contributed by atoms with Gasteiger partial charge in [-0.1, -0.05) is 6.92 Å². The highest BCUT2D eigenvalue weighted by atomic mass is 32.1. The van der Waals surface area contributed by atoms with Gasteiger partial charge in [0.15, 0.2) is 10.6 Å². The molecule has 26 heavy (non-hydrogen) atoms. The molecule has 3 rings (SSSR count). The first-order chi connectivity index (χ1) is 12.4. The monoisotopic (exact) mass is 372 g/mol. The molecular formula is C17H20N6O2S. The van der Waals surface area contributed by atoms with Crippen molar-refractivity contribution in [3.05, 3.63) is 34.2 Å². The van der Waals surface area contributed by atoms with Crippen molar-refractivity contribution in [2.45, 2.75) is 20.3 Å². The van der Waals surface area contributed by atoms with Crippen LogP contribution in [0.2, 0.25) is 0 Å². The van der Waals surface area contributed by atoms with Gasteiger partial charge in [-0.05, 0) is 43.8 Å². The summed E-state index contributed by atoms with van der Waals surface area (Å²) < 4.78 is 7.34. The number of ether oxygens (including phenoxy) is 1. The molecule has 0 radical (unpaired) electrons. The number of aromatic nitrogens is 4. The van der Waals surface area contributed by atoms with Gasteiger partial charge in [-0.25, -0.2) is 4.98 Å². The zero-order valence-corrected chi connectivity index (χ0v) is 15.6. The predicted octanol–water partition coefficient (Wildman–Crippen LogP) is 2.08. The van der Waals surface area contributed by atoms with Crippen molar-refractivity contribution in [1.82, 2.24) is 19.7 Å². The first kappa shape index (κ1) is 17.9. The highest BCUT2D eigenvalue weighted by Gasteiger charge is 2.16. The molecule has 0 fully saturated rings. The third kappa shape index (κ3) is 3.38. The normalized spacial score (nSPS) is 10.9. The van der Waals surface area contributed by atoms with Gasteiger partial charge in [-0.2, -0.15) is 5.10 Å². The molecule has 0 spiro atoms. The summed E-state index contributed by atoms with van der Waals surface area (Å²) in [5.41, 5.74) is 8.29. The molecule has 2 aromatic heterocycles. The molecule has 0 aliphatic carbocycles. The van der Waals surface area contributed by atoms with Crippen LogP contribution in [0.25, 0.3) is 22.4 Å². The first-order valence-electron chi connectivity index (χ1n) is 8.18. The van der Waals surface area contributed by atoms with Crippen molar-refractivity contribution in [3.63, 3.8) is 0 Å². The van der Waals surface area contributed by atoms with Crippen molar-refractivity contribution < 1.29 is 4.74 Å². The molecule has 0 saturated heterocycles. The Morgan fingerprint density at radius 1 is 1.46 bits per heavy atom. The van der Waals surface area contributed by atoms with E-state index in [9.17, 15) is 4.79 Å². The van der Waals surface area contributed by atoms with E-state index >= 15 is 0 Å². The summed E-state index contributed by atoms with van der Waals surface area (Å²) in [6.45, 7) is 4.39.